The zero-order valence-corrected chi connectivity index (χ0v) is 13.3. The number of aromatic nitrogens is 2. The van der Waals surface area contributed by atoms with E-state index in [9.17, 15) is 0 Å². The highest BCUT2D eigenvalue weighted by Crippen LogP contribution is 2.24. The molecule has 1 heterocycles. The molecule has 1 aromatic carbocycles. The maximum Gasteiger partial charge on any atom is 0.322 e. The molecule has 21 heavy (non-hydrogen) atoms. The lowest BCUT2D eigenvalue weighted by molar-refractivity contribution is 0.420. The Morgan fingerprint density at radius 1 is 1.19 bits per heavy atom. The maximum atomic E-state index is 5.76. The molecule has 0 saturated heterocycles. The molecular formula is C16H24N4O. The highest BCUT2D eigenvalue weighted by atomic mass is 16.4. The van der Waals surface area contributed by atoms with Crippen LogP contribution in [0.4, 0.5) is 11.7 Å². The second kappa shape index (κ2) is 7.22. The van der Waals surface area contributed by atoms with Crippen molar-refractivity contribution in [3.05, 3.63) is 35.7 Å². The van der Waals surface area contributed by atoms with Gasteiger partial charge in [0.2, 0.25) is 5.89 Å². The zero-order chi connectivity index (χ0) is 15.2. The Morgan fingerprint density at radius 2 is 1.90 bits per heavy atom. The van der Waals surface area contributed by atoms with E-state index >= 15 is 0 Å². The van der Waals surface area contributed by atoms with Gasteiger partial charge in [-0.25, -0.2) is 0 Å². The van der Waals surface area contributed by atoms with Crippen LogP contribution < -0.4 is 10.2 Å². The van der Waals surface area contributed by atoms with E-state index in [4.69, 9.17) is 4.42 Å². The van der Waals surface area contributed by atoms with E-state index in [-0.39, 0.29) is 6.04 Å². The average molecular weight is 288 g/mol. The topological polar surface area (TPSA) is 54.2 Å². The minimum absolute atomic E-state index is 0.0714. The Kier molecular flexibility index (Phi) is 5.33. The first-order valence-electron chi connectivity index (χ1n) is 7.55. The summed E-state index contributed by atoms with van der Waals surface area (Å²) in [6.07, 6.45) is 2.12. The fourth-order valence-corrected chi connectivity index (χ4v) is 2.05. The van der Waals surface area contributed by atoms with E-state index in [1.165, 1.54) is 5.56 Å². The van der Waals surface area contributed by atoms with Gasteiger partial charge in [-0.3, -0.25) is 4.90 Å². The van der Waals surface area contributed by atoms with E-state index in [2.05, 4.69) is 53.6 Å². The molecule has 0 bridgehead atoms. The van der Waals surface area contributed by atoms with Gasteiger partial charge >= 0.3 is 6.01 Å². The molecule has 1 N–H and O–H groups in total. The number of nitrogens with one attached hydrogen (secondary N) is 1. The Morgan fingerprint density at radius 3 is 2.52 bits per heavy atom. The Labute approximate surface area is 126 Å². The Hall–Kier alpha value is -1.88. The summed E-state index contributed by atoms with van der Waals surface area (Å²) < 4.78 is 5.76. The highest BCUT2D eigenvalue weighted by Gasteiger charge is 2.16. The fourth-order valence-electron chi connectivity index (χ4n) is 2.05. The number of benzene rings is 1. The van der Waals surface area contributed by atoms with Gasteiger partial charge in [-0.1, -0.05) is 31.1 Å². The normalized spacial score (nSPS) is 12.4. The van der Waals surface area contributed by atoms with Crippen molar-refractivity contribution in [2.75, 3.05) is 18.5 Å². The lowest BCUT2D eigenvalue weighted by atomic mass is 10.1. The smallest absolute Gasteiger partial charge is 0.322 e. The van der Waals surface area contributed by atoms with Gasteiger partial charge in [0.15, 0.2) is 0 Å². The summed E-state index contributed by atoms with van der Waals surface area (Å²) in [5, 5.41) is 11.6. The minimum Gasteiger partial charge on any atom is -0.406 e. The SMILES string of the molecule is CCCNC(C)c1nnc(N(C)c2ccc(CC)cc2)o1. The predicted molar refractivity (Wildman–Crippen MR) is 84.9 cm³/mol. The molecule has 0 aliphatic rings. The van der Waals surface area contributed by atoms with Gasteiger partial charge in [-0.05, 0) is 44.0 Å². The molecule has 5 heteroatoms. The predicted octanol–water partition coefficient (Wildman–Crippen LogP) is 3.46. The third kappa shape index (κ3) is 3.82. The van der Waals surface area contributed by atoms with Crippen LogP contribution in [0.2, 0.25) is 0 Å². The first-order valence-corrected chi connectivity index (χ1v) is 7.55. The third-order valence-corrected chi connectivity index (χ3v) is 3.52. The molecule has 0 saturated carbocycles. The minimum atomic E-state index is 0.0714. The first-order chi connectivity index (χ1) is 10.2. The summed E-state index contributed by atoms with van der Waals surface area (Å²) in [4.78, 5) is 1.91. The Bertz CT molecular complexity index is 550. The Balaban J connectivity index is 2.08. The van der Waals surface area contributed by atoms with Crippen molar-refractivity contribution < 1.29 is 4.42 Å². The van der Waals surface area contributed by atoms with Crippen molar-refractivity contribution >= 4 is 11.7 Å². The number of anilines is 2. The third-order valence-electron chi connectivity index (χ3n) is 3.52. The van der Waals surface area contributed by atoms with Crippen LogP contribution in [-0.2, 0) is 6.42 Å². The molecular weight excluding hydrogens is 264 g/mol. The summed E-state index contributed by atoms with van der Waals surface area (Å²) in [6, 6.07) is 8.97. The number of rotatable bonds is 7. The van der Waals surface area contributed by atoms with E-state index in [1.54, 1.807) is 0 Å². The average Bonchev–Trinajstić information content (AvgIpc) is 3.02. The largest absolute Gasteiger partial charge is 0.406 e. The van der Waals surface area contributed by atoms with Crippen LogP contribution in [0.25, 0.3) is 0 Å². The van der Waals surface area contributed by atoms with Gasteiger partial charge in [0.25, 0.3) is 0 Å². The molecule has 0 spiro atoms. The second-order valence-corrected chi connectivity index (χ2v) is 5.18. The number of nitrogens with zero attached hydrogens (tertiary/aromatic N) is 3. The monoisotopic (exact) mass is 288 g/mol. The number of aryl methyl sites for hydroxylation is 1. The van der Waals surface area contributed by atoms with Crippen molar-refractivity contribution in [3.63, 3.8) is 0 Å². The molecule has 0 aliphatic carbocycles. The van der Waals surface area contributed by atoms with Gasteiger partial charge < -0.3 is 9.73 Å². The molecule has 1 unspecified atom stereocenters. The van der Waals surface area contributed by atoms with E-state index in [0.29, 0.717) is 11.9 Å². The van der Waals surface area contributed by atoms with Crippen molar-refractivity contribution in [1.82, 2.24) is 15.5 Å². The maximum absolute atomic E-state index is 5.76. The summed E-state index contributed by atoms with van der Waals surface area (Å²) in [5.41, 5.74) is 2.35. The standard InChI is InChI=1S/C16H24N4O/c1-5-11-17-12(3)15-18-19-16(21-15)20(4)14-9-7-13(6-2)8-10-14/h7-10,12,17H,5-6,11H2,1-4H3. The lowest BCUT2D eigenvalue weighted by Crippen LogP contribution is -2.19. The molecule has 1 atom stereocenters. The van der Waals surface area contributed by atoms with Crippen molar-refractivity contribution in [3.8, 4) is 0 Å². The van der Waals surface area contributed by atoms with Crippen LogP contribution >= 0.6 is 0 Å². The second-order valence-electron chi connectivity index (χ2n) is 5.18. The molecule has 2 aromatic rings. The number of hydrogen-bond acceptors (Lipinski definition) is 5. The molecule has 0 fully saturated rings. The lowest BCUT2D eigenvalue weighted by Gasteiger charge is -2.14. The molecule has 0 amide bonds. The fraction of sp³-hybridized carbons (Fsp3) is 0.500. The van der Waals surface area contributed by atoms with Crippen molar-refractivity contribution in [2.45, 2.75) is 39.7 Å². The quantitative estimate of drug-likeness (QED) is 0.845. The van der Waals surface area contributed by atoms with Crippen molar-refractivity contribution in [2.24, 2.45) is 0 Å². The number of hydrogen-bond donors (Lipinski definition) is 1. The first kappa shape index (κ1) is 15.5. The van der Waals surface area contributed by atoms with Crippen LogP contribution in [0.3, 0.4) is 0 Å². The molecule has 2 rings (SSSR count). The summed E-state index contributed by atoms with van der Waals surface area (Å²) in [5.74, 6) is 0.621. The zero-order valence-electron chi connectivity index (χ0n) is 13.3. The summed E-state index contributed by atoms with van der Waals surface area (Å²) >= 11 is 0. The summed E-state index contributed by atoms with van der Waals surface area (Å²) in [7, 11) is 1.93. The summed E-state index contributed by atoms with van der Waals surface area (Å²) in [6.45, 7) is 7.25. The molecule has 5 nitrogen and oxygen atoms in total. The van der Waals surface area contributed by atoms with Crippen molar-refractivity contribution in [1.29, 1.82) is 0 Å². The van der Waals surface area contributed by atoms with Gasteiger partial charge in [-0.2, -0.15) is 0 Å². The highest BCUT2D eigenvalue weighted by molar-refractivity contribution is 5.55. The van der Waals surface area contributed by atoms with Gasteiger partial charge in [-0.15, -0.1) is 5.10 Å². The van der Waals surface area contributed by atoms with E-state index in [1.807, 2.05) is 18.9 Å². The molecule has 1 aromatic heterocycles. The van der Waals surface area contributed by atoms with Crippen LogP contribution in [0.5, 0.6) is 0 Å². The van der Waals surface area contributed by atoms with E-state index < -0.39 is 0 Å². The van der Waals surface area contributed by atoms with Crippen LogP contribution in [0.15, 0.2) is 28.7 Å². The molecule has 0 aliphatic heterocycles. The van der Waals surface area contributed by atoms with Gasteiger partial charge in [0, 0.05) is 12.7 Å². The van der Waals surface area contributed by atoms with Crippen LogP contribution in [-0.4, -0.2) is 23.8 Å². The van der Waals surface area contributed by atoms with E-state index in [0.717, 1.165) is 25.1 Å². The molecule has 114 valence electrons. The van der Waals surface area contributed by atoms with Crippen LogP contribution in [0.1, 0.15) is 44.7 Å². The van der Waals surface area contributed by atoms with Crippen LogP contribution in [0, 0.1) is 0 Å². The van der Waals surface area contributed by atoms with Gasteiger partial charge in [0.05, 0.1) is 6.04 Å². The molecule has 0 radical (unpaired) electrons. The van der Waals surface area contributed by atoms with Gasteiger partial charge in [0.1, 0.15) is 0 Å².